The summed E-state index contributed by atoms with van der Waals surface area (Å²) in [5.41, 5.74) is 4.02. The van der Waals surface area contributed by atoms with E-state index in [1.54, 1.807) is 7.11 Å². The molecule has 0 N–H and O–H groups in total. The van der Waals surface area contributed by atoms with Crippen molar-refractivity contribution in [2.75, 3.05) is 20.2 Å². The van der Waals surface area contributed by atoms with Crippen LogP contribution in [0, 0.1) is 0 Å². The third kappa shape index (κ3) is 4.57. The third-order valence-corrected chi connectivity index (χ3v) is 4.18. The Hall–Kier alpha value is -2.32. The van der Waals surface area contributed by atoms with Gasteiger partial charge in [0.15, 0.2) is 0 Å². The zero-order valence-electron chi connectivity index (χ0n) is 13.6. The second kappa shape index (κ2) is 7.80. The topological polar surface area (TPSA) is 12.5 Å². The second-order valence-corrected chi connectivity index (χ2v) is 5.86. The van der Waals surface area contributed by atoms with Crippen LogP contribution in [0.2, 0.25) is 0 Å². The first-order chi connectivity index (χ1) is 11.3. The van der Waals surface area contributed by atoms with Gasteiger partial charge in [-0.1, -0.05) is 60.7 Å². The molecule has 2 heteroatoms. The van der Waals surface area contributed by atoms with E-state index in [1.807, 2.05) is 18.2 Å². The fourth-order valence-corrected chi connectivity index (χ4v) is 2.78. The van der Waals surface area contributed by atoms with Crippen LogP contribution in [0.25, 0.3) is 6.08 Å². The van der Waals surface area contributed by atoms with Gasteiger partial charge < -0.3 is 4.74 Å². The molecule has 2 aromatic rings. The highest BCUT2D eigenvalue weighted by molar-refractivity contribution is 5.52. The molecule has 2 nitrogen and oxygen atoms in total. The van der Waals surface area contributed by atoms with Crippen molar-refractivity contribution in [3.8, 4) is 5.75 Å². The van der Waals surface area contributed by atoms with E-state index in [9.17, 15) is 0 Å². The molecule has 0 amide bonds. The van der Waals surface area contributed by atoms with Gasteiger partial charge in [0, 0.05) is 19.6 Å². The molecule has 0 bridgehead atoms. The average molecular weight is 305 g/mol. The molecule has 118 valence electrons. The largest absolute Gasteiger partial charge is 0.497 e. The Balaban J connectivity index is 1.54. The minimum atomic E-state index is 0.917. The van der Waals surface area contributed by atoms with E-state index in [4.69, 9.17) is 4.74 Å². The average Bonchev–Trinajstić information content (AvgIpc) is 2.63. The summed E-state index contributed by atoms with van der Waals surface area (Å²) in [6.45, 7) is 3.12. The van der Waals surface area contributed by atoms with Crippen LogP contribution in [-0.4, -0.2) is 25.1 Å². The molecular formula is C21H23NO. The predicted octanol–water partition coefficient (Wildman–Crippen LogP) is 4.54. The minimum Gasteiger partial charge on any atom is -0.497 e. The molecule has 0 spiro atoms. The van der Waals surface area contributed by atoms with E-state index >= 15 is 0 Å². The van der Waals surface area contributed by atoms with Crippen molar-refractivity contribution < 1.29 is 4.74 Å². The molecule has 1 aliphatic rings. The van der Waals surface area contributed by atoms with Crippen LogP contribution < -0.4 is 4.74 Å². The molecule has 0 atom stereocenters. The van der Waals surface area contributed by atoms with Gasteiger partial charge in [0.25, 0.3) is 0 Å². The van der Waals surface area contributed by atoms with E-state index in [-0.39, 0.29) is 0 Å². The molecule has 1 aliphatic heterocycles. The van der Waals surface area contributed by atoms with Gasteiger partial charge in [0.2, 0.25) is 0 Å². The fourth-order valence-electron chi connectivity index (χ4n) is 2.78. The smallest absolute Gasteiger partial charge is 0.118 e. The van der Waals surface area contributed by atoms with Crippen LogP contribution in [0.3, 0.4) is 0 Å². The third-order valence-electron chi connectivity index (χ3n) is 4.18. The molecule has 0 saturated heterocycles. The molecule has 2 aromatic carbocycles. The highest BCUT2D eigenvalue weighted by Gasteiger charge is 2.10. The van der Waals surface area contributed by atoms with Crippen molar-refractivity contribution in [3.05, 3.63) is 83.4 Å². The summed E-state index contributed by atoms with van der Waals surface area (Å²) in [5, 5.41) is 0. The van der Waals surface area contributed by atoms with Gasteiger partial charge in [0.1, 0.15) is 5.75 Å². The van der Waals surface area contributed by atoms with Gasteiger partial charge in [-0.15, -0.1) is 0 Å². The van der Waals surface area contributed by atoms with Crippen molar-refractivity contribution >= 4 is 6.08 Å². The van der Waals surface area contributed by atoms with E-state index in [2.05, 4.69) is 59.5 Å². The van der Waals surface area contributed by atoms with Crippen molar-refractivity contribution in [2.45, 2.75) is 13.0 Å². The standard InChI is InChI=1S/C21H23NO/c1-23-21-11-9-20(10-12-21)17-22-15-13-19(14-16-22)8-7-18-5-3-2-4-6-18/h2-13H,14-17H2,1H3/b8-7+. The highest BCUT2D eigenvalue weighted by Crippen LogP contribution is 2.17. The van der Waals surface area contributed by atoms with Gasteiger partial charge in [-0.3, -0.25) is 4.90 Å². The Kier molecular flexibility index (Phi) is 5.28. The van der Waals surface area contributed by atoms with Crippen LogP contribution in [0.5, 0.6) is 5.75 Å². The lowest BCUT2D eigenvalue weighted by Crippen LogP contribution is -2.27. The van der Waals surface area contributed by atoms with Crippen molar-refractivity contribution in [1.29, 1.82) is 0 Å². The Morgan fingerprint density at radius 3 is 2.43 bits per heavy atom. The summed E-state index contributed by atoms with van der Waals surface area (Å²) in [7, 11) is 1.70. The minimum absolute atomic E-state index is 0.917. The number of benzene rings is 2. The Morgan fingerprint density at radius 2 is 1.78 bits per heavy atom. The van der Waals surface area contributed by atoms with Crippen LogP contribution in [0.1, 0.15) is 17.5 Å². The number of methoxy groups -OCH3 is 1. The Bertz CT molecular complexity index is 671. The number of hydrogen-bond donors (Lipinski definition) is 0. The molecular weight excluding hydrogens is 282 g/mol. The molecule has 1 heterocycles. The first-order valence-corrected chi connectivity index (χ1v) is 8.11. The summed E-state index contributed by atoms with van der Waals surface area (Å²) in [6, 6.07) is 18.8. The van der Waals surface area contributed by atoms with Gasteiger partial charge in [0.05, 0.1) is 7.11 Å². The van der Waals surface area contributed by atoms with Crippen LogP contribution >= 0.6 is 0 Å². The molecule has 0 saturated carbocycles. The number of ether oxygens (including phenoxy) is 1. The Morgan fingerprint density at radius 1 is 1.00 bits per heavy atom. The zero-order chi connectivity index (χ0) is 15.9. The first kappa shape index (κ1) is 15.6. The molecule has 23 heavy (non-hydrogen) atoms. The summed E-state index contributed by atoms with van der Waals surface area (Å²) >= 11 is 0. The summed E-state index contributed by atoms with van der Waals surface area (Å²) in [5.74, 6) is 0.917. The molecule has 0 unspecified atom stereocenters. The first-order valence-electron chi connectivity index (χ1n) is 8.11. The summed E-state index contributed by atoms with van der Waals surface area (Å²) in [4.78, 5) is 2.47. The number of nitrogens with zero attached hydrogens (tertiary/aromatic N) is 1. The predicted molar refractivity (Wildman–Crippen MR) is 96.4 cm³/mol. The molecule has 0 aliphatic carbocycles. The maximum atomic E-state index is 5.21. The second-order valence-electron chi connectivity index (χ2n) is 5.86. The van der Waals surface area contributed by atoms with Crippen molar-refractivity contribution in [3.63, 3.8) is 0 Å². The SMILES string of the molecule is COc1ccc(CN2CC=C(/C=C/c3ccccc3)CC2)cc1. The maximum absolute atomic E-state index is 5.21. The van der Waals surface area contributed by atoms with E-state index in [0.29, 0.717) is 0 Å². The number of hydrogen-bond acceptors (Lipinski definition) is 2. The quantitative estimate of drug-likeness (QED) is 0.804. The van der Waals surface area contributed by atoms with Crippen molar-refractivity contribution in [2.24, 2.45) is 0 Å². The van der Waals surface area contributed by atoms with E-state index < -0.39 is 0 Å². The monoisotopic (exact) mass is 305 g/mol. The number of rotatable bonds is 5. The van der Waals surface area contributed by atoms with Gasteiger partial charge >= 0.3 is 0 Å². The lowest BCUT2D eigenvalue weighted by atomic mass is 10.1. The number of allylic oxidation sites excluding steroid dienone is 1. The van der Waals surface area contributed by atoms with Crippen LogP contribution in [0.15, 0.2) is 72.3 Å². The summed E-state index contributed by atoms with van der Waals surface area (Å²) < 4.78 is 5.21. The van der Waals surface area contributed by atoms with E-state index in [1.165, 1.54) is 16.7 Å². The Labute approximate surface area is 138 Å². The summed E-state index contributed by atoms with van der Waals surface area (Å²) in [6.07, 6.45) is 7.90. The zero-order valence-corrected chi connectivity index (χ0v) is 13.6. The van der Waals surface area contributed by atoms with Crippen molar-refractivity contribution in [1.82, 2.24) is 4.90 Å². The van der Waals surface area contributed by atoms with E-state index in [0.717, 1.165) is 31.8 Å². The molecule has 3 rings (SSSR count). The molecule has 0 radical (unpaired) electrons. The molecule has 0 fully saturated rings. The fraction of sp³-hybridized carbons (Fsp3) is 0.238. The van der Waals surface area contributed by atoms with Gasteiger partial charge in [-0.2, -0.15) is 0 Å². The highest BCUT2D eigenvalue weighted by atomic mass is 16.5. The van der Waals surface area contributed by atoms with Crippen LogP contribution in [0.4, 0.5) is 0 Å². The van der Waals surface area contributed by atoms with Gasteiger partial charge in [-0.25, -0.2) is 0 Å². The van der Waals surface area contributed by atoms with Crippen LogP contribution in [-0.2, 0) is 6.54 Å². The molecule has 0 aromatic heterocycles. The lowest BCUT2D eigenvalue weighted by Gasteiger charge is -2.25. The normalized spacial score (nSPS) is 15.6. The lowest BCUT2D eigenvalue weighted by molar-refractivity contribution is 0.287. The maximum Gasteiger partial charge on any atom is 0.118 e. The van der Waals surface area contributed by atoms with Gasteiger partial charge in [-0.05, 0) is 35.3 Å².